The minimum atomic E-state index is -0.685. The molecule has 8 nitrogen and oxygen atoms in total. The zero-order valence-electron chi connectivity index (χ0n) is 25.5. The summed E-state index contributed by atoms with van der Waals surface area (Å²) in [4.78, 5) is 25.2. The van der Waals surface area contributed by atoms with Gasteiger partial charge in [0.15, 0.2) is 0 Å². The molecule has 2 aromatic heterocycles. The van der Waals surface area contributed by atoms with Crippen molar-refractivity contribution >= 4 is 46.4 Å². The van der Waals surface area contributed by atoms with E-state index in [4.69, 9.17) is 51.1 Å². The fourth-order valence-electron chi connectivity index (χ4n) is 6.63. The number of fused-ring (bicyclic) bond motifs is 2. The number of rotatable bonds is 5. The lowest BCUT2D eigenvalue weighted by molar-refractivity contribution is 0.209. The van der Waals surface area contributed by atoms with Gasteiger partial charge in [0.05, 0.1) is 27.8 Å². The quantitative estimate of drug-likeness (QED) is 0.223. The number of benzene rings is 2. The minimum absolute atomic E-state index is 0.0312. The summed E-state index contributed by atoms with van der Waals surface area (Å²) in [6.45, 7) is 2.99. The van der Waals surface area contributed by atoms with Gasteiger partial charge in [-0.1, -0.05) is 65.7 Å². The molecule has 2 aliphatic heterocycles. The average molecular weight is 730 g/mol. The molecule has 2 aromatic carbocycles. The molecule has 4 aromatic rings. The molecule has 0 bridgehead atoms. The number of aromatic nitrogens is 4. The van der Waals surface area contributed by atoms with Crippen LogP contribution in [0.5, 0.6) is 11.5 Å². The normalized spacial score (nSPS) is 16.3. The van der Waals surface area contributed by atoms with Crippen LogP contribution in [0.1, 0.15) is 57.8 Å². The number of hydrogen-bond donors (Lipinski definition) is 1. The monoisotopic (exact) mass is 728 g/mol. The predicted molar refractivity (Wildman–Crippen MR) is 180 cm³/mol. The fraction of sp³-hybridized carbons (Fsp3) is 0.455. The van der Waals surface area contributed by atoms with Crippen molar-refractivity contribution in [3.63, 3.8) is 0 Å². The Morgan fingerprint density at radius 2 is 1.13 bits per heavy atom. The molecule has 1 aliphatic carbocycles. The molecule has 0 saturated heterocycles. The minimum Gasteiger partial charge on any atom is -0.506 e. The van der Waals surface area contributed by atoms with Gasteiger partial charge < -0.3 is 9.84 Å². The van der Waals surface area contributed by atoms with E-state index in [2.05, 4.69) is 0 Å². The third-order valence-corrected chi connectivity index (χ3v) is 10.5. The summed E-state index contributed by atoms with van der Waals surface area (Å²) in [7, 11) is 0. The first kappa shape index (κ1) is 34.0. The molecule has 4 heterocycles. The van der Waals surface area contributed by atoms with Crippen molar-refractivity contribution in [3.05, 3.63) is 77.0 Å². The molecule has 252 valence electrons. The van der Waals surface area contributed by atoms with Crippen LogP contribution >= 0.6 is 46.4 Å². The highest BCUT2D eigenvalue weighted by Gasteiger charge is 2.27. The third kappa shape index (κ3) is 6.71. The van der Waals surface area contributed by atoms with Gasteiger partial charge in [-0.05, 0) is 68.7 Å². The molecule has 0 spiro atoms. The van der Waals surface area contributed by atoms with E-state index in [0.29, 0.717) is 44.5 Å². The van der Waals surface area contributed by atoms with Gasteiger partial charge >= 0.3 is 0 Å². The molecule has 1 fully saturated rings. The second-order valence-corrected chi connectivity index (χ2v) is 13.7. The van der Waals surface area contributed by atoms with Crippen molar-refractivity contribution in [3.8, 4) is 33.8 Å². The molecule has 0 unspecified atom stereocenters. The molecule has 14 heteroatoms. The Morgan fingerprint density at radius 1 is 0.660 bits per heavy atom. The SMILES string of the molecule is O=c1c(-c2cc(O)c(Cl)cc2F)c(Cl)n2n1CCCC2.O=c1c(-c2cc(OCC3CCCCC3)c(Cl)cc2F)c(Cl)n2n1CCCC2. The number of ether oxygens (including phenoxy) is 1. The van der Waals surface area contributed by atoms with Crippen LogP contribution in [-0.4, -0.2) is 30.4 Å². The number of halogens is 6. The maximum Gasteiger partial charge on any atom is 0.276 e. The fourth-order valence-corrected chi connectivity index (χ4v) is 7.70. The van der Waals surface area contributed by atoms with Gasteiger partial charge in [-0.25, -0.2) is 18.1 Å². The van der Waals surface area contributed by atoms with Gasteiger partial charge in [0.2, 0.25) is 0 Å². The molecular weight excluding hydrogens is 696 g/mol. The largest absolute Gasteiger partial charge is 0.506 e. The first-order valence-electron chi connectivity index (χ1n) is 15.9. The molecule has 0 amide bonds. The predicted octanol–water partition coefficient (Wildman–Crippen LogP) is 8.78. The number of aromatic hydroxyl groups is 1. The first-order chi connectivity index (χ1) is 22.6. The van der Waals surface area contributed by atoms with Crippen LogP contribution in [0.25, 0.3) is 22.3 Å². The topological polar surface area (TPSA) is 83.3 Å². The van der Waals surface area contributed by atoms with E-state index >= 15 is 0 Å². The Balaban J connectivity index is 0.000000172. The van der Waals surface area contributed by atoms with Crippen LogP contribution in [0.2, 0.25) is 20.4 Å². The van der Waals surface area contributed by atoms with E-state index < -0.39 is 11.6 Å². The molecule has 0 atom stereocenters. The van der Waals surface area contributed by atoms with Gasteiger partial charge in [0.25, 0.3) is 11.1 Å². The molecule has 47 heavy (non-hydrogen) atoms. The van der Waals surface area contributed by atoms with Gasteiger partial charge in [-0.3, -0.25) is 19.0 Å². The summed E-state index contributed by atoms with van der Waals surface area (Å²) in [6, 6.07) is 4.84. The number of phenolic OH excluding ortho intramolecular Hbond substituents is 1. The van der Waals surface area contributed by atoms with E-state index in [1.165, 1.54) is 36.1 Å². The van der Waals surface area contributed by atoms with Crippen molar-refractivity contribution in [2.45, 2.75) is 84.0 Å². The number of nitrogens with zero attached hydrogens (tertiary/aromatic N) is 4. The Kier molecular flexibility index (Phi) is 10.3. The van der Waals surface area contributed by atoms with Crippen molar-refractivity contribution in [1.29, 1.82) is 0 Å². The van der Waals surface area contributed by atoms with Crippen LogP contribution in [0.4, 0.5) is 8.78 Å². The molecule has 1 saturated carbocycles. The van der Waals surface area contributed by atoms with E-state index in [-0.39, 0.29) is 59.5 Å². The maximum absolute atomic E-state index is 14.7. The molecule has 7 rings (SSSR count). The zero-order valence-corrected chi connectivity index (χ0v) is 28.5. The second kappa shape index (κ2) is 14.3. The second-order valence-electron chi connectivity index (χ2n) is 12.2. The third-order valence-electron chi connectivity index (χ3n) is 9.12. The molecular formula is C33H34Cl4F2N4O4. The standard InChI is InChI=1S/C20H23Cl2FN2O2.C13H11Cl2FN2O2/c21-15-11-16(23)14(10-17(15)27-12-13-6-2-1-3-7-13)18-19(22)24-8-4-5-9-25(24)20(18)26;14-8-6-9(16)7(5-10(8)19)11-12(15)17-3-1-2-4-18(17)13(11)20/h10-11,13H,1-9,12H2;5-6,19H,1-4H2. The summed E-state index contributed by atoms with van der Waals surface area (Å²) in [6.07, 6.45) is 9.67. The van der Waals surface area contributed by atoms with Gasteiger partial charge in [-0.15, -0.1) is 0 Å². The van der Waals surface area contributed by atoms with E-state index in [0.717, 1.165) is 50.7 Å². The van der Waals surface area contributed by atoms with Gasteiger partial charge in [0.1, 0.15) is 33.4 Å². The van der Waals surface area contributed by atoms with Crippen LogP contribution in [0, 0.1) is 17.6 Å². The molecule has 0 radical (unpaired) electrons. The summed E-state index contributed by atoms with van der Waals surface area (Å²) in [5.41, 5.74) is -0.235. The number of hydrogen-bond acceptors (Lipinski definition) is 4. The number of phenols is 1. The van der Waals surface area contributed by atoms with Crippen molar-refractivity contribution in [2.75, 3.05) is 6.61 Å². The van der Waals surface area contributed by atoms with Gasteiger partial charge in [0, 0.05) is 37.3 Å². The Hall–Kier alpha value is -2.92. The van der Waals surface area contributed by atoms with Crippen molar-refractivity contribution in [1.82, 2.24) is 18.7 Å². The first-order valence-corrected chi connectivity index (χ1v) is 17.4. The maximum atomic E-state index is 14.7. The molecule has 1 N–H and O–H groups in total. The molecule has 3 aliphatic rings. The highest BCUT2D eigenvalue weighted by molar-refractivity contribution is 6.34. The van der Waals surface area contributed by atoms with E-state index in [9.17, 15) is 23.5 Å². The Morgan fingerprint density at radius 3 is 1.64 bits per heavy atom. The van der Waals surface area contributed by atoms with Crippen LogP contribution in [0.3, 0.4) is 0 Å². The lowest BCUT2D eigenvalue weighted by Crippen LogP contribution is -2.27. The summed E-state index contributed by atoms with van der Waals surface area (Å²) < 4.78 is 41.1. The highest BCUT2D eigenvalue weighted by Crippen LogP contribution is 2.37. The Labute approximate surface area is 289 Å². The highest BCUT2D eigenvalue weighted by atomic mass is 35.5. The summed E-state index contributed by atoms with van der Waals surface area (Å²) in [5.74, 6) is -0.627. The summed E-state index contributed by atoms with van der Waals surface area (Å²) >= 11 is 24.5. The lowest BCUT2D eigenvalue weighted by atomic mass is 9.90. The summed E-state index contributed by atoms with van der Waals surface area (Å²) in [5, 5.41) is 10.2. The Bertz CT molecular complexity index is 1930. The van der Waals surface area contributed by atoms with Crippen LogP contribution in [0.15, 0.2) is 33.9 Å². The van der Waals surface area contributed by atoms with E-state index in [1.807, 2.05) is 0 Å². The lowest BCUT2D eigenvalue weighted by Gasteiger charge is -2.22. The van der Waals surface area contributed by atoms with Crippen LogP contribution < -0.4 is 15.9 Å². The van der Waals surface area contributed by atoms with Crippen molar-refractivity contribution in [2.24, 2.45) is 5.92 Å². The van der Waals surface area contributed by atoms with Crippen molar-refractivity contribution < 1.29 is 18.6 Å². The van der Waals surface area contributed by atoms with E-state index in [1.54, 1.807) is 14.0 Å². The van der Waals surface area contributed by atoms with Crippen LogP contribution in [-0.2, 0) is 26.2 Å². The van der Waals surface area contributed by atoms with Gasteiger partial charge in [-0.2, -0.15) is 0 Å². The zero-order chi connectivity index (χ0) is 33.4. The smallest absolute Gasteiger partial charge is 0.276 e. The average Bonchev–Trinajstić information content (AvgIpc) is 3.47.